The number of nitrogen functional groups attached to an aromatic ring is 1. The number of amides is 1. The molecule has 0 spiro atoms. The minimum atomic E-state index is -0.455. The van der Waals surface area contributed by atoms with Crippen LogP contribution in [0.3, 0.4) is 0 Å². The van der Waals surface area contributed by atoms with E-state index in [1.165, 1.54) is 12.1 Å². The van der Waals surface area contributed by atoms with E-state index in [-0.39, 0.29) is 17.6 Å². The van der Waals surface area contributed by atoms with E-state index in [9.17, 15) is 9.18 Å². The zero-order valence-electron chi connectivity index (χ0n) is 11.4. The zero-order valence-corrected chi connectivity index (χ0v) is 11.4. The van der Waals surface area contributed by atoms with Crippen LogP contribution in [-0.2, 0) is 0 Å². The minimum absolute atomic E-state index is 0.130. The van der Waals surface area contributed by atoms with Crippen molar-refractivity contribution >= 4 is 11.6 Å². The molecule has 1 aromatic carbocycles. The number of nitrogens with two attached hydrogens (primary N) is 1. The highest BCUT2D eigenvalue weighted by Gasteiger charge is 2.20. The van der Waals surface area contributed by atoms with E-state index in [0.29, 0.717) is 5.56 Å². The fraction of sp³-hybridized carbons (Fsp3) is 0.200. The lowest BCUT2D eigenvalue weighted by molar-refractivity contribution is 0.0743. The Morgan fingerprint density at radius 2 is 1.95 bits per heavy atom. The van der Waals surface area contributed by atoms with Crippen LogP contribution in [0.15, 0.2) is 42.7 Å². The Labute approximate surface area is 117 Å². The van der Waals surface area contributed by atoms with Crippen molar-refractivity contribution in [3.8, 4) is 0 Å². The summed E-state index contributed by atoms with van der Waals surface area (Å²) in [6.07, 6.45) is 3.35. The van der Waals surface area contributed by atoms with Crippen molar-refractivity contribution in [2.24, 2.45) is 0 Å². The molecule has 0 saturated carbocycles. The van der Waals surface area contributed by atoms with Gasteiger partial charge in [-0.25, -0.2) is 4.39 Å². The van der Waals surface area contributed by atoms with Gasteiger partial charge in [-0.1, -0.05) is 0 Å². The highest BCUT2D eigenvalue weighted by molar-refractivity contribution is 5.99. The number of nitrogens with zero attached hydrogens (tertiary/aromatic N) is 2. The van der Waals surface area contributed by atoms with E-state index >= 15 is 0 Å². The summed E-state index contributed by atoms with van der Waals surface area (Å²) in [6, 6.07) is 7.36. The maximum absolute atomic E-state index is 13.0. The number of halogens is 1. The smallest absolute Gasteiger partial charge is 0.256 e. The van der Waals surface area contributed by atoms with Gasteiger partial charge in [0, 0.05) is 25.1 Å². The normalized spacial score (nSPS) is 11.9. The van der Waals surface area contributed by atoms with Gasteiger partial charge in [0.2, 0.25) is 0 Å². The number of rotatable bonds is 3. The fourth-order valence-electron chi connectivity index (χ4n) is 1.96. The summed E-state index contributed by atoms with van der Waals surface area (Å²) >= 11 is 0. The molecule has 0 radical (unpaired) electrons. The summed E-state index contributed by atoms with van der Waals surface area (Å²) in [7, 11) is 1.69. The van der Waals surface area contributed by atoms with Crippen molar-refractivity contribution in [3.05, 3.63) is 59.7 Å². The van der Waals surface area contributed by atoms with E-state index in [1.54, 1.807) is 24.3 Å². The Kier molecular flexibility index (Phi) is 3.98. The van der Waals surface area contributed by atoms with Crippen LogP contribution in [0.25, 0.3) is 0 Å². The predicted molar refractivity (Wildman–Crippen MR) is 75.6 cm³/mol. The lowest BCUT2D eigenvalue weighted by Gasteiger charge is -2.25. The molecule has 1 amide bonds. The van der Waals surface area contributed by atoms with Crippen LogP contribution in [0, 0.1) is 5.82 Å². The first-order valence-corrected chi connectivity index (χ1v) is 6.23. The number of aromatic nitrogens is 1. The number of pyridine rings is 1. The minimum Gasteiger partial charge on any atom is -0.398 e. The van der Waals surface area contributed by atoms with Crippen LogP contribution < -0.4 is 5.73 Å². The Morgan fingerprint density at radius 1 is 1.30 bits per heavy atom. The summed E-state index contributed by atoms with van der Waals surface area (Å²) in [5, 5.41) is 0. The largest absolute Gasteiger partial charge is 0.398 e. The SMILES string of the molecule is CC(c1ccncc1)N(C)C(=O)c1ccc(F)cc1N. The Bertz CT molecular complexity index is 616. The molecule has 0 aliphatic carbocycles. The van der Waals surface area contributed by atoms with Gasteiger partial charge in [0.15, 0.2) is 0 Å². The molecule has 0 saturated heterocycles. The van der Waals surface area contributed by atoms with Crippen LogP contribution in [0.2, 0.25) is 0 Å². The molecule has 0 bridgehead atoms. The molecule has 1 heterocycles. The molecule has 1 aromatic heterocycles. The third-order valence-electron chi connectivity index (χ3n) is 3.33. The first kappa shape index (κ1) is 14.0. The number of carbonyl (C=O) groups is 1. The second-order valence-electron chi connectivity index (χ2n) is 4.60. The van der Waals surface area contributed by atoms with Gasteiger partial charge >= 0.3 is 0 Å². The average molecular weight is 273 g/mol. The third-order valence-corrected chi connectivity index (χ3v) is 3.33. The van der Waals surface area contributed by atoms with Gasteiger partial charge in [-0.15, -0.1) is 0 Å². The number of carbonyl (C=O) groups excluding carboxylic acids is 1. The van der Waals surface area contributed by atoms with Crippen LogP contribution in [-0.4, -0.2) is 22.8 Å². The van der Waals surface area contributed by atoms with Crippen molar-refractivity contribution in [2.45, 2.75) is 13.0 Å². The van der Waals surface area contributed by atoms with Gasteiger partial charge < -0.3 is 10.6 Å². The molecule has 2 aromatic rings. The summed E-state index contributed by atoms with van der Waals surface area (Å²) in [6.45, 7) is 1.91. The van der Waals surface area contributed by atoms with Gasteiger partial charge in [-0.3, -0.25) is 9.78 Å². The van der Waals surface area contributed by atoms with E-state index in [1.807, 2.05) is 19.1 Å². The van der Waals surface area contributed by atoms with Crippen molar-refractivity contribution < 1.29 is 9.18 Å². The second kappa shape index (κ2) is 5.69. The topological polar surface area (TPSA) is 59.2 Å². The predicted octanol–water partition coefficient (Wildman–Crippen LogP) is 2.64. The molecule has 0 fully saturated rings. The van der Waals surface area contributed by atoms with Crippen molar-refractivity contribution in [1.82, 2.24) is 9.88 Å². The summed E-state index contributed by atoms with van der Waals surface area (Å²) < 4.78 is 13.0. The van der Waals surface area contributed by atoms with Gasteiger partial charge in [-0.2, -0.15) is 0 Å². The number of hydrogen-bond acceptors (Lipinski definition) is 3. The Morgan fingerprint density at radius 3 is 2.55 bits per heavy atom. The Hall–Kier alpha value is -2.43. The number of anilines is 1. The molecule has 5 heteroatoms. The quantitative estimate of drug-likeness (QED) is 0.874. The molecular weight excluding hydrogens is 257 g/mol. The molecule has 1 atom stereocenters. The van der Waals surface area contributed by atoms with E-state index in [2.05, 4.69) is 4.98 Å². The fourth-order valence-corrected chi connectivity index (χ4v) is 1.96. The molecule has 0 aliphatic rings. The molecule has 2 N–H and O–H groups in total. The van der Waals surface area contributed by atoms with E-state index in [4.69, 9.17) is 5.73 Å². The van der Waals surface area contributed by atoms with Crippen LogP contribution >= 0.6 is 0 Å². The van der Waals surface area contributed by atoms with Crippen LogP contribution in [0.4, 0.5) is 10.1 Å². The number of hydrogen-bond donors (Lipinski definition) is 1. The lowest BCUT2D eigenvalue weighted by Crippen LogP contribution is -2.30. The van der Waals surface area contributed by atoms with Gasteiger partial charge in [-0.05, 0) is 42.8 Å². The molecule has 1 unspecified atom stereocenters. The molecule has 4 nitrogen and oxygen atoms in total. The van der Waals surface area contributed by atoms with Crippen molar-refractivity contribution in [1.29, 1.82) is 0 Å². The standard InChI is InChI=1S/C15H16FN3O/c1-10(11-5-7-18-8-6-11)19(2)15(20)13-4-3-12(16)9-14(13)17/h3-10H,17H2,1-2H3. The van der Waals surface area contributed by atoms with Crippen molar-refractivity contribution in [3.63, 3.8) is 0 Å². The van der Waals surface area contributed by atoms with Crippen molar-refractivity contribution in [2.75, 3.05) is 12.8 Å². The van der Waals surface area contributed by atoms with Gasteiger partial charge in [0.05, 0.1) is 11.6 Å². The van der Waals surface area contributed by atoms with Crippen LogP contribution in [0.5, 0.6) is 0 Å². The highest BCUT2D eigenvalue weighted by Crippen LogP contribution is 2.22. The Balaban J connectivity index is 2.24. The van der Waals surface area contributed by atoms with Gasteiger partial charge in [0.25, 0.3) is 5.91 Å². The van der Waals surface area contributed by atoms with Gasteiger partial charge in [0.1, 0.15) is 5.82 Å². The first-order chi connectivity index (χ1) is 9.50. The average Bonchev–Trinajstić information content (AvgIpc) is 2.46. The zero-order chi connectivity index (χ0) is 14.7. The highest BCUT2D eigenvalue weighted by atomic mass is 19.1. The van der Waals surface area contributed by atoms with E-state index in [0.717, 1.165) is 11.6 Å². The summed E-state index contributed by atoms with van der Waals surface area (Å²) in [4.78, 5) is 17.9. The second-order valence-corrected chi connectivity index (χ2v) is 4.60. The third kappa shape index (κ3) is 2.77. The summed E-state index contributed by atoms with van der Waals surface area (Å²) in [5.74, 6) is -0.698. The van der Waals surface area contributed by atoms with Crippen LogP contribution in [0.1, 0.15) is 28.9 Å². The molecule has 2 rings (SSSR count). The molecule has 20 heavy (non-hydrogen) atoms. The maximum atomic E-state index is 13.0. The molecular formula is C15H16FN3O. The monoisotopic (exact) mass is 273 g/mol. The van der Waals surface area contributed by atoms with E-state index < -0.39 is 5.82 Å². The lowest BCUT2D eigenvalue weighted by atomic mass is 10.1. The molecule has 0 aliphatic heterocycles. The maximum Gasteiger partial charge on any atom is 0.256 e. The number of benzene rings is 1. The summed E-state index contributed by atoms with van der Waals surface area (Å²) in [5.41, 5.74) is 7.11. The molecule has 104 valence electrons. The first-order valence-electron chi connectivity index (χ1n) is 6.23.